The monoisotopic (exact) mass is 200 g/mol. The molecule has 4 atom stereocenters. The smallest absolute Gasteiger partial charge is 0.111 e. The SMILES string of the molecule is OC[C@H](O)[C@@H](O)[C@@H](O)[C@H](O)CCl. The van der Waals surface area contributed by atoms with Crippen molar-refractivity contribution in [1.82, 2.24) is 0 Å². The first-order valence-electron chi connectivity index (χ1n) is 3.43. The quantitative estimate of drug-likeness (QED) is 0.320. The average molecular weight is 201 g/mol. The van der Waals surface area contributed by atoms with Gasteiger partial charge in [-0.3, -0.25) is 0 Å². The number of halogens is 1. The van der Waals surface area contributed by atoms with Crippen LogP contribution >= 0.6 is 11.6 Å². The number of hydrogen-bond acceptors (Lipinski definition) is 5. The first-order valence-corrected chi connectivity index (χ1v) is 3.97. The molecule has 5 N–H and O–H groups in total. The molecule has 0 radical (unpaired) electrons. The molecule has 0 aromatic heterocycles. The van der Waals surface area contributed by atoms with Gasteiger partial charge in [-0.05, 0) is 0 Å². The standard InChI is InChI=1S/C6H13ClO5/c7-1-3(9)5(11)6(12)4(10)2-8/h3-6,8-12H,1-2H2/t3-,4+,5+,6-/m1/s1. The molecule has 0 unspecified atom stereocenters. The molecule has 0 saturated carbocycles. The van der Waals surface area contributed by atoms with Gasteiger partial charge in [-0.1, -0.05) is 0 Å². The van der Waals surface area contributed by atoms with Crippen LogP contribution in [-0.2, 0) is 0 Å². The van der Waals surface area contributed by atoms with E-state index in [1.54, 1.807) is 0 Å². The number of rotatable bonds is 5. The number of alkyl halides is 1. The predicted octanol–water partition coefficient (Wildman–Crippen LogP) is -2.34. The van der Waals surface area contributed by atoms with E-state index >= 15 is 0 Å². The molecule has 0 aliphatic carbocycles. The van der Waals surface area contributed by atoms with Gasteiger partial charge in [-0.2, -0.15) is 0 Å². The summed E-state index contributed by atoms with van der Waals surface area (Å²) in [5.74, 6) is -0.254. The van der Waals surface area contributed by atoms with Gasteiger partial charge in [0.25, 0.3) is 0 Å². The summed E-state index contributed by atoms with van der Waals surface area (Å²) in [6.07, 6.45) is -5.94. The Labute approximate surface area is 74.8 Å². The zero-order chi connectivity index (χ0) is 9.72. The van der Waals surface area contributed by atoms with Gasteiger partial charge < -0.3 is 25.5 Å². The fourth-order valence-corrected chi connectivity index (χ4v) is 0.837. The van der Waals surface area contributed by atoms with Gasteiger partial charge in [0.15, 0.2) is 0 Å². The second-order valence-corrected chi connectivity index (χ2v) is 2.76. The molecular weight excluding hydrogens is 188 g/mol. The topological polar surface area (TPSA) is 101 Å². The van der Waals surface area contributed by atoms with Gasteiger partial charge >= 0.3 is 0 Å². The molecule has 0 bridgehead atoms. The predicted molar refractivity (Wildman–Crippen MR) is 41.8 cm³/mol. The van der Waals surface area contributed by atoms with Crippen LogP contribution in [0.5, 0.6) is 0 Å². The Morgan fingerprint density at radius 3 is 1.67 bits per heavy atom. The van der Waals surface area contributed by atoms with E-state index in [4.69, 9.17) is 37.1 Å². The maximum atomic E-state index is 9.03. The summed E-state index contributed by atoms with van der Waals surface area (Å²) in [5, 5.41) is 44.1. The Balaban J connectivity index is 3.99. The zero-order valence-electron chi connectivity index (χ0n) is 6.34. The first-order chi connectivity index (χ1) is 5.54. The lowest BCUT2D eigenvalue weighted by molar-refractivity contribution is -0.110. The van der Waals surface area contributed by atoms with Crippen molar-refractivity contribution in [3.63, 3.8) is 0 Å². The molecule has 0 aromatic carbocycles. The van der Waals surface area contributed by atoms with Crippen LogP contribution in [0.2, 0.25) is 0 Å². The minimum absolute atomic E-state index is 0.254. The molecule has 0 rings (SSSR count). The molecule has 5 nitrogen and oxygen atoms in total. The minimum Gasteiger partial charge on any atom is -0.394 e. The maximum Gasteiger partial charge on any atom is 0.111 e. The number of aliphatic hydroxyl groups is 5. The van der Waals surface area contributed by atoms with E-state index in [0.717, 1.165) is 0 Å². The summed E-state index contributed by atoms with van der Waals surface area (Å²) in [5.41, 5.74) is 0. The van der Waals surface area contributed by atoms with Crippen molar-refractivity contribution in [1.29, 1.82) is 0 Å². The third-order valence-electron chi connectivity index (χ3n) is 1.48. The molecule has 0 fully saturated rings. The van der Waals surface area contributed by atoms with Crippen LogP contribution in [-0.4, -0.2) is 62.4 Å². The molecule has 74 valence electrons. The Morgan fingerprint density at radius 1 is 0.917 bits per heavy atom. The van der Waals surface area contributed by atoms with E-state index in [9.17, 15) is 0 Å². The van der Waals surface area contributed by atoms with Crippen LogP contribution in [0.15, 0.2) is 0 Å². The molecule has 0 saturated heterocycles. The highest BCUT2D eigenvalue weighted by Crippen LogP contribution is 2.05. The Hall–Kier alpha value is 0.0900. The van der Waals surface area contributed by atoms with Gasteiger partial charge in [0.05, 0.1) is 18.6 Å². The van der Waals surface area contributed by atoms with Crippen molar-refractivity contribution in [3.05, 3.63) is 0 Å². The third-order valence-corrected chi connectivity index (χ3v) is 1.80. The highest BCUT2D eigenvalue weighted by Gasteiger charge is 2.29. The van der Waals surface area contributed by atoms with E-state index in [-0.39, 0.29) is 5.88 Å². The Morgan fingerprint density at radius 2 is 1.33 bits per heavy atom. The lowest BCUT2D eigenvalue weighted by Gasteiger charge is -2.24. The van der Waals surface area contributed by atoms with Gasteiger partial charge in [-0.25, -0.2) is 0 Å². The van der Waals surface area contributed by atoms with Crippen molar-refractivity contribution >= 4 is 11.6 Å². The van der Waals surface area contributed by atoms with Crippen LogP contribution in [0.1, 0.15) is 0 Å². The summed E-state index contributed by atoms with van der Waals surface area (Å²) in [7, 11) is 0. The zero-order valence-corrected chi connectivity index (χ0v) is 7.09. The summed E-state index contributed by atoms with van der Waals surface area (Å²) in [6, 6.07) is 0. The molecule has 0 aliphatic rings. The molecular formula is C6H13ClO5. The van der Waals surface area contributed by atoms with Crippen LogP contribution in [0.4, 0.5) is 0 Å². The van der Waals surface area contributed by atoms with E-state index in [0.29, 0.717) is 0 Å². The Bertz CT molecular complexity index is 109. The van der Waals surface area contributed by atoms with Crippen LogP contribution < -0.4 is 0 Å². The summed E-state index contributed by atoms with van der Waals surface area (Å²) >= 11 is 5.17. The molecule has 0 amide bonds. The van der Waals surface area contributed by atoms with Crippen molar-refractivity contribution in [2.45, 2.75) is 24.4 Å². The van der Waals surface area contributed by atoms with E-state index in [1.807, 2.05) is 0 Å². The molecule has 0 aliphatic heterocycles. The third kappa shape index (κ3) is 3.22. The van der Waals surface area contributed by atoms with Crippen LogP contribution in [0, 0.1) is 0 Å². The fraction of sp³-hybridized carbons (Fsp3) is 1.00. The fourth-order valence-electron chi connectivity index (χ4n) is 0.654. The van der Waals surface area contributed by atoms with Crippen molar-refractivity contribution in [2.24, 2.45) is 0 Å². The van der Waals surface area contributed by atoms with E-state index in [2.05, 4.69) is 0 Å². The highest BCUT2D eigenvalue weighted by molar-refractivity contribution is 6.18. The normalized spacial score (nSPS) is 21.5. The molecule has 0 spiro atoms. The van der Waals surface area contributed by atoms with Crippen LogP contribution in [0.3, 0.4) is 0 Å². The van der Waals surface area contributed by atoms with Crippen molar-refractivity contribution in [3.8, 4) is 0 Å². The summed E-state index contributed by atoms with van der Waals surface area (Å²) in [4.78, 5) is 0. The summed E-state index contributed by atoms with van der Waals surface area (Å²) in [6.45, 7) is -0.687. The highest BCUT2D eigenvalue weighted by atomic mass is 35.5. The van der Waals surface area contributed by atoms with Gasteiger partial charge in [0.2, 0.25) is 0 Å². The molecule has 6 heteroatoms. The molecule has 0 heterocycles. The summed E-state index contributed by atoms with van der Waals surface area (Å²) < 4.78 is 0. The average Bonchev–Trinajstić information content (AvgIpc) is 2.12. The number of hydrogen-bond donors (Lipinski definition) is 5. The second kappa shape index (κ2) is 5.69. The van der Waals surface area contributed by atoms with Crippen molar-refractivity contribution in [2.75, 3.05) is 12.5 Å². The maximum absolute atomic E-state index is 9.03. The van der Waals surface area contributed by atoms with Gasteiger partial charge in [-0.15, -0.1) is 11.6 Å². The minimum atomic E-state index is -1.59. The van der Waals surface area contributed by atoms with E-state index < -0.39 is 31.0 Å². The van der Waals surface area contributed by atoms with Crippen LogP contribution in [0.25, 0.3) is 0 Å². The lowest BCUT2D eigenvalue weighted by Crippen LogP contribution is -2.46. The van der Waals surface area contributed by atoms with E-state index in [1.165, 1.54) is 0 Å². The molecule has 12 heavy (non-hydrogen) atoms. The largest absolute Gasteiger partial charge is 0.394 e. The second-order valence-electron chi connectivity index (χ2n) is 2.45. The first kappa shape index (κ1) is 12.1. The molecule has 0 aromatic rings. The Kier molecular flexibility index (Phi) is 5.73. The van der Waals surface area contributed by atoms with Gasteiger partial charge in [0, 0.05) is 0 Å². The van der Waals surface area contributed by atoms with Crippen molar-refractivity contribution < 1.29 is 25.5 Å². The number of aliphatic hydroxyl groups excluding tert-OH is 5. The van der Waals surface area contributed by atoms with Gasteiger partial charge in [0.1, 0.15) is 18.3 Å². The lowest BCUT2D eigenvalue weighted by atomic mass is 10.0.